The fraction of sp³-hybridized carbons (Fsp3) is 0.455. The molecule has 13 heavy (non-hydrogen) atoms. The SMILES string of the molecule is Cc1cccc2c1OCCC21CO1. The number of aryl methyl sites for hydroxylation is 1. The molecule has 2 heterocycles. The Bertz CT molecular complexity index is 353. The van der Waals surface area contributed by atoms with Crippen molar-refractivity contribution in [3.63, 3.8) is 0 Å². The highest BCUT2D eigenvalue weighted by atomic mass is 16.6. The molecule has 0 radical (unpaired) electrons. The van der Waals surface area contributed by atoms with Crippen LogP contribution in [0.5, 0.6) is 5.75 Å². The summed E-state index contributed by atoms with van der Waals surface area (Å²) in [5.74, 6) is 1.05. The minimum absolute atomic E-state index is 0.0274. The maximum atomic E-state index is 5.65. The molecule has 1 aromatic rings. The molecular weight excluding hydrogens is 164 g/mol. The zero-order chi connectivity index (χ0) is 8.89. The van der Waals surface area contributed by atoms with Gasteiger partial charge in [0.25, 0.3) is 0 Å². The van der Waals surface area contributed by atoms with Crippen molar-refractivity contribution in [3.05, 3.63) is 29.3 Å². The second-order valence-electron chi connectivity index (χ2n) is 3.83. The second kappa shape index (κ2) is 2.26. The molecule has 1 aromatic carbocycles. The molecule has 0 amide bonds. The molecule has 1 unspecified atom stereocenters. The van der Waals surface area contributed by atoms with E-state index in [1.807, 2.05) is 0 Å². The molecule has 2 heteroatoms. The van der Waals surface area contributed by atoms with Crippen molar-refractivity contribution in [1.29, 1.82) is 0 Å². The van der Waals surface area contributed by atoms with Crippen LogP contribution in [0.3, 0.4) is 0 Å². The van der Waals surface area contributed by atoms with Gasteiger partial charge in [-0.05, 0) is 12.5 Å². The Labute approximate surface area is 77.5 Å². The second-order valence-corrected chi connectivity index (χ2v) is 3.83. The Kier molecular flexibility index (Phi) is 1.29. The number of benzene rings is 1. The normalized spacial score (nSPS) is 29.6. The Morgan fingerprint density at radius 1 is 1.38 bits per heavy atom. The van der Waals surface area contributed by atoms with Crippen LogP contribution in [0, 0.1) is 6.92 Å². The molecule has 0 bridgehead atoms. The highest BCUT2D eigenvalue weighted by Crippen LogP contribution is 2.49. The third kappa shape index (κ3) is 0.923. The van der Waals surface area contributed by atoms with E-state index in [0.717, 1.165) is 25.4 Å². The fourth-order valence-electron chi connectivity index (χ4n) is 2.04. The molecule has 3 rings (SSSR count). The van der Waals surface area contributed by atoms with Crippen molar-refractivity contribution in [2.75, 3.05) is 13.2 Å². The molecule has 2 aliphatic rings. The third-order valence-corrected chi connectivity index (χ3v) is 2.95. The topological polar surface area (TPSA) is 21.8 Å². The van der Waals surface area contributed by atoms with Gasteiger partial charge in [0.15, 0.2) is 0 Å². The minimum atomic E-state index is 0.0274. The van der Waals surface area contributed by atoms with E-state index in [1.54, 1.807) is 0 Å². The lowest BCUT2D eigenvalue weighted by Gasteiger charge is -2.24. The van der Waals surface area contributed by atoms with E-state index in [4.69, 9.17) is 9.47 Å². The molecule has 1 saturated heterocycles. The summed E-state index contributed by atoms with van der Waals surface area (Å²) < 4.78 is 11.2. The van der Waals surface area contributed by atoms with Gasteiger partial charge in [0.2, 0.25) is 0 Å². The summed E-state index contributed by atoms with van der Waals surface area (Å²) in [6.07, 6.45) is 1.00. The van der Waals surface area contributed by atoms with E-state index in [0.29, 0.717) is 0 Å². The summed E-state index contributed by atoms with van der Waals surface area (Å²) in [6, 6.07) is 6.28. The van der Waals surface area contributed by atoms with Crippen LogP contribution in [0.4, 0.5) is 0 Å². The number of hydrogen-bond donors (Lipinski definition) is 0. The van der Waals surface area contributed by atoms with Crippen LogP contribution in [0.1, 0.15) is 17.5 Å². The Morgan fingerprint density at radius 2 is 2.23 bits per heavy atom. The number of fused-ring (bicyclic) bond motifs is 2. The first-order chi connectivity index (χ1) is 6.32. The predicted octanol–water partition coefficient (Wildman–Crippen LogP) is 2.00. The monoisotopic (exact) mass is 176 g/mol. The van der Waals surface area contributed by atoms with Gasteiger partial charge in [-0.1, -0.05) is 18.2 Å². The van der Waals surface area contributed by atoms with Gasteiger partial charge in [0.05, 0.1) is 13.2 Å². The number of rotatable bonds is 0. The molecule has 0 aliphatic carbocycles. The first-order valence-electron chi connectivity index (χ1n) is 4.69. The highest BCUT2D eigenvalue weighted by Gasteiger charge is 2.50. The molecule has 2 nitrogen and oxygen atoms in total. The molecule has 0 saturated carbocycles. The van der Waals surface area contributed by atoms with Gasteiger partial charge in [0, 0.05) is 12.0 Å². The van der Waals surface area contributed by atoms with E-state index in [1.165, 1.54) is 11.1 Å². The Balaban J connectivity index is 2.19. The number of para-hydroxylation sites is 1. The van der Waals surface area contributed by atoms with E-state index >= 15 is 0 Å². The average Bonchev–Trinajstić information content (AvgIpc) is 2.89. The number of ether oxygens (including phenoxy) is 2. The fourth-order valence-corrected chi connectivity index (χ4v) is 2.04. The standard InChI is InChI=1S/C11H12O2/c1-8-3-2-4-9-10(8)12-6-5-11(9)7-13-11/h2-4H,5-7H2,1H3. The average molecular weight is 176 g/mol. The van der Waals surface area contributed by atoms with Gasteiger partial charge >= 0.3 is 0 Å². The maximum Gasteiger partial charge on any atom is 0.128 e. The van der Waals surface area contributed by atoms with E-state index in [-0.39, 0.29) is 5.60 Å². The zero-order valence-corrected chi connectivity index (χ0v) is 7.67. The van der Waals surface area contributed by atoms with Gasteiger partial charge in [-0.2, -0.15) is 0 Å². The third-order valence-electron chi connectivity index (χ3n) is 2.95. The van der Waals surface area contributed by atoms with Gasteiger partial charge in [-0.3, -0.25) is 0 Å². The highest BCUT2D eigenvalue weighted by molar-refractivity contribution is 5.47. The molecule has 0 N–H and O–H groups in total. The lowest BCUT2D eigenvalue weighted by atomic mass is 9.92. The van der Waals surface area contributed by atoms with E-state index in [2.05, 4.69) is 25.1 Å². The predicted molar refractivity (Wildman–Crippen MR) is 48.9 cm³/mol. The zero-order valence-electron chi connectivity index (χ0n) is 7.67. The number of epoxide rings is 1. The summed E-state index contributed by atoms with van der Waals surface area (Å²) in [5, 5.41) is 0. The molecule has 1 atom stereocenters. The van der Waals surface area contributed by atoms with E-state index < -0.39 is 0 Å². The lowest BCUT2D eigenvalue weighted by Crippen LogP contribution is -2.21. The molecule has 2 aliphatic heterocycles. The first kappa shape index (κ1) is 7.39. The molecule has 0 aromatic heterocycles. The largest absolute Gasteiger partial charge is 0.493 e. The van der Waals surface area contributed by atoms with Crippen molar-refractivity contribution >= 4 is 0 Å². The first-order valence-corrected chi connectivity index (χ1v) is 4.69. The van der Waals surface area contributed by atoms with Crippen LogP contribution in [0.25, 0.3) is 0 Å². The van der Waals surface area contributed by atoms with Crippen LogP contribution in [0.2, 0.25) is 0 Å². The van der Waals surface area contributed by atoms with Crippen LogP contribution in [-0.2, 0) is 10.3 Å². The lowest BCUT2D eigenvalue weighted by molar-refractivity contribution is 0.191. The van der Waals surface area contributed by atoms with Crippen LogP contribution < -0.4 is 4.74 Å². The summed E-state index contributed by atoms with van der Waals surface area (Å²) >= 11 is 0. The van der Waals surface area contributed by atoms with Crippen LogP contribution in [0.15, 0.2) is 18.2 Å². The quantitative estimate of drug-likeness (QED) is 0.564. The molecule has 1 spiro atoms. The van der Waals surface area contributed by atoms with E-state index in [9.17, 15) is 0 Å². The number of hydrogen-bond acceptors (Lipinski definition) is 2. The summed E-state index contributed by atoms with van der Waals surface area (Å²) in [7, 11) is 0. The summed E-state index contributed by atoms with van der Waals surface area (Å²) in [4.78, 5) is 0. The summed E-state index contributed by atoms with van der Waals surface area (Å²) in [5.41, 5.74) is 2.49. The molecular formula is C11H12O2. The summed E-state index contributed by atoms with van der Waals surface area (Å²) in [6.45, 7) is 3.74. The van der Waals surface area contributed by atoms with Crippen molar-refractivity contribution in [3.8, 4) is 5.75 Å². The van der Waals surface area contributed by atoms with Crippen molar-refractivity contribution in [2.45, 2.75) is 18.9 Å². The minimum Gasteiger partial charge on any atom is -0.493 e. The van der Waals surface area contributed by atoms with Crippen molar-refractivity contribution < 1.29 is 9.47 Å². The Hall–Kier alpha value is -1.02. The van der Waals surface area contributed by atoms with Gasteiger partial charge in [0.1, 0.15) is 11.4 Å². The van der Waals surface area contributed by atoms with Crippen LogP contribution >= 0.6 is 0 Å². The molecule has 1 fully saturated rings. The van der Waals surface area contributed by atoms with Gasteiger partial charge < -0.3 is 9.47 Å². The Morgan fingerprint density at radius 3 is 3.00 bits per heavy atom. The molecule has 68 valence electrons. The van der Waals surface area contributed by atoms with Crippen molar-refractivity contribution in [2.24, 2.45) is 0 Å². The van der Waals surface area contributed by atoms with Crippen molar-refractivity contribution in [1.82, 2.24) is 0 Å². The van der Waals surface area contributed by atoms with Gasteiger partial charge in [-0.15, -0.1) is 0 Å². The smallest absolute Gasteiger partial charge is 0.128 e. The van der Waals surface area contributed by atoms with Crippen LogP contribution in [-0.4, -0.2) is 13.2 Å². The van der Waals surface area contributed by atoms with Gasteiger partial charge in [-0.25, -0.2) is 0 Å². The maximum absolute atomic E-state index is 5.65.